The van der Waals surface area contributed by atoms with Crippen molar-refractivity contribution in [3.8, 4) is 0 Å². The van der Waals surface area contributed by atoms with E-state index in [2.05, 4.69) is 5.32 Å². The molecule has 1 aromatic rings. The molecule has 0 saturated carbocycles. The van der Waals surface area contributed by atoms with Gasteiger partial charge in [-0.05, 0) is 37.1 Å². The summed E-state index contributed by atoms with van der Waals surface area (Å²) in [5, 5.41) is 2.81. The Morgan fingerprint density at radius 3 is 2.57 bits per heavy atom. The number of hydrogen-bond acceptors (Lipinski definition) is 4. The van der Waals surface area contributed by atoms with Crippen molar-refractivity contribution in [2.75, 3.05) is 26.3 Å². The van der Waals surface area contributed by atoms with Crippen molar-refractivity contribution in [3.63, 3.8) is 0 Å². The van der Waals surface area contributed by atoms with Gasteiger partial charge in [0.1, 0.15) is 0 Å². The third kappa shape index (κ3) is 4.31. The normalized spacial score (nSPS) is 19.7. The quantitative estimate of drug-likeness (QED) is 0.881. The second-order valence-electron chi connectivity index (χ2n) is 6.17. The second-order valence-corrected chi connectivity index (χ2v) is 8.06. The molecule has 128 valence electrons. The first-order chi connectivity index (χ1) is 10.8. The van der Waals surface area contributed by atoms with Gasteiger partial charge in [-0.25, -0.2) is 8.42 Å². The van der Waals surface area contributed by atoms with Crippen LogP contribution >= 0.6 is 0 Å². The van der Waals surface area contributed by atoms with Crippen LogP contribution in [-0.2, 0) is 14.8 Å². The number of amides is 1. The number of ether oxygens (including phenoxy) is 1. The summed E-state index contributed by atoms with van der Waals surface area (Å²) in [6.07, 6.45) is 0. The van der Waals surface area contributed by atoms with Gasteiger partial charge in [0.15, 0.2) is 0 Å². The first-order valence-electron chi connectivity index (χ1n) is 7.80. The number of nitrogens with one attached hydrogen (secondary N) is 1. The third-order valence-electron chi connectivity index (χ3n) is 3.70. The van der Waals surface area contributed by atoms with Crippen LogP contribution in [0.3, 0.4) is 0 Å². The minimum Gasteiger partial charge on any atom is -0.378 e. The average Bonchev–Trinajstić information content (AvgIpc) is 2.53. The maximum Gasteiger partial charge on any atom is 0.251 e. The van der Waals surface area contributed by atoms with Gasteiger partial charge in [0.25, 0.3) is 5.91 Å². The fourth-order valence-electron chi connectivity index (χ4n) is 2.38. The van der Waals surface area contributed by atoms with Crippen molar-refractivity contribution >= 4 is 15.9 Å². The molecule has 6 nitrogen and oxygen atoms in total. The van der Waals surface area contributed by atoms with E-state index in [1.54, 1.807) is 12.1 Å². The Morgan fingerprint density at radius 1 is 1.35 bits per heavy atom. The monoisotopic (exact) mass is 340 g/mol. The molecule has 0 radical (unpaired) electrons. The summed E-state index contributed by atoms with van der Waals surface area (Å²) in [6.45, 7) is 7.59. The summed E-state index contributed by atoms with van der Waals surface area (Å²) >= 11 is 0. The van der Waals surface area contributed by atoms with Gasteiger partial charge in [0.05, 0.1) is 18.1 Å². The number of carbonyl (C=O) groups is 1. The highest BCUT2D eigenvalue weighted by Crippen LogP contribution is 2.20. The molecule has 0 aromatic heterocycles. The lowest BCUT2D eigenvalue weighted by Crippen LogP contribution is -2.46. The molecule has 1 heterocycles. The van der Waals surface area contributed by atoms with Crippen LogP contribution in [0.2, 0.25) is 0 Å². The summed E-state index contributed by atoms with van der Waals surface area (Å²) in [5.41, 5.74) is 0.458. The molecule has 2 rings (SSSR count). The minimum absolute atomic E-state index is 0.192. The zero-order chi connectivity index (χ0) is 17.0. The lowest BCUT2D eigenvalue weighted by molar-refractivity contribution is 0.0393. The number of carbonyl (C=O) groups excluding carboxylic acids is 1. The Morgan fingerprint density at radius 2 is 2.00 bits per heavy atom. The Balaban J connectivity index is 2.13. The Labute approximate surface area is 137 Å². The zero-order valence-corrected chi connectivity index (χ0v) is 14.6. The summed E-state index contributed by atoms with van der Waals surface area (Å²) in [4.78, 5) is 12.2. The van der Waals surface area contributed by atoms with Gasteiger partial charge in [-0.3, -0.25) is 4.79 Å². The molecule has 1 fully saturated rings. The van der Waals surface area contributed by atoms with E-state index in [1.807, 2.05) is 20.8 Å². The van der Waals surface area contributed by atoms with Crippen LogP contribution in [-0.4, -0.2) is 51.0 Å². The number of morpholine rings is 1. The molecule has 1 N–H and O–H groups in total. The Bertz CT molecular complexity index is 641. The molecule has 1 unspecified atom stereocenters. The van der Waals surface area contributed by atoms with E-state index in [-0.39, 0.29) is 16.8 Å². The number of rotatable bonds is 5. The molecular weight excluding hydrogens is 316 g/mol. The lowest BCUT2D eigenvalue weighted by atomic mass is 10.2. The third-order valence-corrected chi connectivity index (χ3v) is 5.73. The van der Waals surface area contributed by atoms with Gasteiger partial charge < -0.3 is 10.1 Å². The fraction of sp³-hybridized carbons (Fsp3) is 0.562. The second kappa shape index (κ2) is 7.42. The maximum absolute atomic E-state index is 12.7. The van der Waals surface area contributed by atoms with Crippen LogP contribution in [0.1, 0.15) is 31.1 Å². The standard InChI is InChI=1S/C16H24N2O4S/c1-12(2)10-17-16(19)14-4-6-15(7-5-14)23(20,21)18-8-9-22-11-13(18)3/h4-7,12-13H,8-11H2,1-3H3,(H,17,19). The predicted molar refractivity (Wildman–Crippen MR) is 87.8 cm³/mol. The Kier molecular flexibility index (Phi) is 5.78. The van der Waals surface area contributed by atoms with Crippen LogP contribution in [0.15, 0.2) is 29.2 Å². The topological polar surface area (TPSA) is 75.7 Å². The van der Waals surface area contributed by atoms with Gasteiger partial charge >= 0.3 is 0 Å². The van der Waals surface area contributed by atoms with E-state index in [0.717, 1.165) is 0 Å². The van der Waals surface area contributed by atoms with E-state index >= 15 is 0 Å². The summed E-state index contributed by atoms with van der Waals surface area (Å²) in [5.74, 6) is 0.170. The fourth-order valence-corrected chi connectivity index (χ4v) is 3.98. The SMILES string of the molecule is CC(C)CNC(=O)c1ccc(S(=O)(=O)N2CCOCC2C)cc1. The minimum atomic E-state index is -3.56. The molecule has 7 heteroatoms. The molecule has 1 aliphatic rings. The van der Waals surface area contributed by atoms with Crippen LogP contribution in [0.4, 0.5) is 0 Å². The highest BCUT2D eigenvalue weighted by Gasteiger charge is 2.31. The van der Waals surface area contributed by atoms with E-state index in [0.29, 0.717) is 37.8 Å². The van der Waals surface area contributed by atoms with Crippen molar-refractivity contribution in [3.05, 3.63) is 29.8 Å². The highest BCUT2D eigenvalue weighted by atomic mass is 32.2. The molecule has 1 atom stereocenters. The molecule has 1 amide bonds. The van der Waals surface area contributed by atoms with Crippen molar-refractivity contribution in [1.29, 1.82) is 0 Å². The van der Waals surface area contributed by atoms with Crippen molar-refractivity contribution < 1.29 is 17.9 Å². The number of benzene rings is 1. The number of hydrogen-bond donors (Lipinski definition) is 1. The summed E-state index contributed by atoms with van der Waals surface area (Å²) in [7, 11) is -3.56. The average molecular weight is 340 g/mol. The van der Waals surface area contributed by atoms with E-state index < -0.39 is 10.0 Å². The Hall–Kier alpha value is -1.44. The first kappa shape index (κ1) is 17.9. The molecule has 0 aliphatic carbocycles. The largest absolute Gasteiger partial charge is 0.378 e. The smallest absolute Gasteiger partial charge is 0.251 e. The van der Waals surface area contributed by atoms with Crippen LogP contribution in [0, 0.1) is 5.92 Å². The van der Waals surface area contributed by atoms with Crippen molar-refractivity contribution in [2.45, 2.75) is 31.7 Å². The maximum atomic E-state index is 12.7. The van der Waals surface area contributed by atoms with Gasteiger partial charge in [-0.1, -0.05) is 13.8 Å². The van der Waals surface area contributed by atoms with Crippen LogP contribution in [0.5, 0.6) is 0 Å². The summed E-state index contributed by atoms with van der Waals surface area (Å²) < 4.78 is 32.1. The molecule has 1 aliphatic heterocycles. The van der Waals surface area contributed by atoms with Gasteiger partial charge in [0, 0.05) is 24.7 Å². The van der Waals surface area contributed by atoms with Gasteiger partial charge in [0.2, 0.25) is 10.0 Å². The first-order valence-corrected chi connectivity index (χ1v) is 9.24. The van der Waals surface area contributed by atoms with Crippen molar-refractivity contribution in [2.24, 2.45) is 5.92 Å². The molecule has 1 saturated heterocycles. The van der Waals surface area contributed by atoms with Gasteiger partial charge in [-0.2, -0.15) is 4.31 Å². The molecule has 1 aromatic carbocycles. The molecule has 0 bridgehead atoms. The summed E-state index contributed by atoms with van der Waals surface area (Å²) in [6, 6.07) is 5.88. The predicted octanol–water partition coefficient (Wildman–Crippen LogP) is 1.48. The molecular formula is C16H24N2O4S. The zero-order valence-electron chi connectivity index (χ0n) is 13.8. The highest BCUT2D eigenvalue weighted by molar-refractivity contribution is 7.89. The lowest BCUT2D eigenvalue weighted by Gasteiger charge is -2.32. The van der Waals surface area contributed by atoms with Crippen molar-refractivity contribution in [1.82, 2.24) is 9.62 Å². The van der Waals surface area contributed by atoms with E-state index in [9.17, 15) is 13.2 Å². The van der Waals surface area contributed by atoms with E-state index in [1.165, 1.54) is 16.4 Å². The van der Waals surface area contributed by atoms with Crippen LogP contribution in [0.25, 0.3) is 0 Å². The van der Waals surface area contributed by atoms with Crippen LogP contribution < -0.4 is 5.32 Å². The molecule has 0 spiro atoms. The molecule has 23 heavy (non-hydrogen) atoms. The number of nitrogens with zero attached hydrogens (tertiary/aromatic N) is 1. The van der Waals surface area contributed by atoms with E-state index in [4.69, 9.17) is 4.74 Å². The number of sulfonamides is 1. The van der Waals surface area contributed by atoms with Gasteiger partial charge in [-0.15, -0.1) is 0 Å².